The topological polar surface area (TPSA) is 69.7 Å². The van der Waals surface area contributed by atoms with Crippen LogP contribution in [0, 0.1) is 11.8 Å². The molecule has 7 heteroatoms. The molecule has 0 N–H and O–H groups in total. The number of cyclic esters (lactones) is 1. The van der Waals surface area contributed by atoms with Gasteiger partial charge in [0.15, 0.2) is 11.4 Å². The molecule has 0 aromatic heterocycles. The first-order valence-electron chi connectivity index (χ1n) is 7.71. The van der Waals surface area contributed by atoms with Crippen LogP contribution in [-0.2, 0) is 23.9 Å². The van der Waals surface area contributed by atoms with Crippen molar-refractivity contribution in [3.63, 3.8) is 0 Å². The first kappa shape index (κ1) is 19.1. The van der Waals surface area contributed by atoms with Gasteiger partial charge < -0.3 is 9.47 Å². The summed E-state index contributed by atoms with van der Waals surface area (Å²) >= 11 is 7.18. The number of carbonyl (C=O) groups excluding carboxylic acids is 3. The molecule has 1 saturated carbocycles. The van der Waals surface area contributed by atoms with Gasteiger partial charge in [-0.15, -0.1) is 0 Å². The molecule has 1 aliphatic carbocycles. The van der Waals surface area contributed by atoms with Gasteiger partial charge in [-0.05, 0) is 26.2 Å². The molecule has 23 heavy (non-hydrogen) atoms. The van der Waals surface area contributed by atoms with Gasteiger partial charge in [0.2, 0.25) is 0 Å². The molecule has 0 bridgehead atoms. The number of ether oxygens (including phenoxy) is 2. The molecular formula is C16H22Br2O5. The number of carbonyl (C=O) groups is 3. The summed E-state index contributed by atoms with van der Waals surface area (Å²) in [5.41, 5.74) is -1.22. The van der Waals surface area contributed by atoms with Crippen LogP contribution in [0.1, 0.15) is 40.0 Å². The van der Waals surface area contributed by atoms with Crippen molar-refractivity contribution in [2.24, 2.45) is 11.8 Å². The van der Waals surface area contributed by atoms with Gasteiger partial charge in [-0.25, -0.2) is 0 Å². The molecule has 1 saturated heterocycles. The van der Waals surface area contributed by atoms with E-state index in [1.54, 1.807) is 6.92 Å². The summed E-state index contributed by atoms with van der Waals surface area (Å²) in [6.45, 7) is 5.13. The Labute approximate surface area is 153 Å². The second kappa shape index (κ2) is 6.56. The Hall–Kier alpha value is -0.270. The Bertz CT molecular complexity index is 537. The highest BCUT2D eigenvalue weighted by Gasteiger charge is 2.63. The Kier molecular flexibility index (Phi) is 5.44. The smallest absolute Gasteiger partial charge is 0.306 e. The third-order valence-electron chi connectivity index (χ3n) is 5.08. The van der Waals surface area contributed by atoms with Crippen molar-refractivity contribution in [2.45, 2.75) is 60.9 Å². The molecule has 0 aromatic rings. The van der Waals surface area contributed by atoms with E-state index in [9.17, 15) is 14.4 Å². The molecule has 2 fully saturated rings. The van der Waals surface area contributed by atoms with Crippen LogP contribution in [0.2, 0.25) is 0 Å². The SMILES string of the molecule is COC1C(Br)C(C)CC(C(C)=O)C1(Br)C(=O)C1(C)CCC(=O)O1. The lowest BCUT2D eigenvalue weighted by Gasteiger charge is -2.49. The summed E-state index contributed by atoms with van der Waals surface area (Å²) < 4.78 is 9.71. The van der Waals surface area contributed by atoms with Crippen molar-refractivity contribution < 1.29 is 23.9 Å². The molecule has 130 valence electrons. The zero-order valence-electron chi connectivity index (χ0n) is 13.7. The minimum atomic E-state index is -1.22. The summed E-state index contributed by atoms with van der Waals surface area (Å²) in [6.07, 6.45) is 0.555. The Morgan fingerprint density at radius 3 is 2.43 bits per heavy atom. The molecule has 0 amide bonds. The van der Waals surface area contributed by atoms with Crippen LogP contribution in [-0.4, -0.2) is 45.5 Å². The van der Waals surface area contributed by atoms with E-state index < -0.39 is 21.9 Å². The van der Waals surface area contributed by atoms with E-state index in [0.29, 0.717) is 12.8 Å². The summed E-state index contributed by atoms with van der Waals surface area (Å²) in [5, 5.41) is 0. The highest BCUT2D eigenvalue weighted by Crippen LogP contribution is 2.51. The standard InChI is InChI=1S/C16H22Br2O5/c1-8-7-10(9(2)19)16(18,13(22-4)12(8)17)14(21)15(3)6-5-11(20)23-15/h8,10,12-13H,5-7H2,1-4H3. The molecule has 6 unspecified atom stereocenters. The molecule has 1 heterocycles. The molecule has 5 nitrogen and oxygen atoms in total. The summed E-state index contributed by atoms with van der Waals surface area (Å²) in [5.74, 6) is -1.10. The minimum absolute atomic E-state index is 0.0727. The van der Waals surface area contributed by atoms with Crippen LogP contribution in [0.3, 0.4) is 0 Å². The maximum absolute atomic E-state index is 13.3. The lowest BCUT2D eigenvalue weighted by Crippen LogP contribution is -2.65. The van der Waals surface area contributed by atoms with Crippen LogP contribution in [0.4, 0.5) is 0 Å². The number of halogens is 2. The van der Waals surface area contributed by atoms with E-state index >= 15 is 0 Å². The van der Waals surface area contributed by atoms with Crippen LogP contribution in [0.25, 0.3) is 0 Å². The summed E-state index contributed by atoms with van der Waals surface area (Å²) in [4.78, 5) is 37.0. The van der Waals surface area contributed by atoms with Crippen molar-refractivity contribution in [3.05, 3.63) is 0 Å². The average Bonchev–Trinajstić information content (AvgIpc) is 2.83. The maximum atomic E-state index is 13.3. The van der Waals surface area contributed by atoms with Crippen molar-refractivity contribution >= 4 is 49.4 Å². The van der Waals surface area contributed by atoms with Crippen molar-refractivity contribution in [1.29, 1.82) is 0 Å². The number of alkyl halides is 2. The normalized spacial score (nSPS) is 44.0. The second-order valence-corrected chi connectivity index (χ2v) is 9.15. The molecule has 0 radical (unpaired) electrons. The van der Waals surface area contributed by atoms with Crippen molar-refractivity contribution in [2.75, 3.05) is 7.11 Å². The largest absolute Gasteiger partial charge is 0.451 e. The van der Waals surface area contributed by atoms with E-state index in [2.05, 4.69) is 31.9 Å². The maximum Gasteiger partial charge on any atom is 0.306 e. The third kappa shape index (κ3) is 3.04. The molecule has 2 aliphatic rings. The highest BCUT2D eigenvalue weighted by atomic mass is 79.9. The molecule has 1 aliphatic heterocycles. The molecule has 0 spiro atoms. The zero-order valence-corrected chi connectivity index (χ0v) is 16.9. The van der Waals surface area contributed by atoms with Crippen LogP contribution >= 0.6 is 31.9 Å². The van der Waals surface area contributed by atoms with Gasteiger partial charge in [-0.1, -0.05) is 38.8 Å². The Morgan fingerprint density at radius 2 is 2.00 bits per heavy atom. The number of esters is 1. The lowest BCUT2D eigenvalue weighted by atomic mass is 9.66. The monoisotopic (exact) mass is 452 g/mol. The van der Waals surface area contributed by atoms with E-state index in [0.717, 1.165) is 0 Å². The second-order valence-electron chi connectivity index (χ2n) is 6.78. The van der Waals surface area contributed by atoms with E-state index in [4.69, 9.17) is 9.47 Å². The first-order valence-corrected chi connectivity index (χ1v) is 9.41. The van der Waals surface area contributed by atoms with Crippen molar-refractivity contribution in [1.82, 2.24) is 0 Å². The van der Waals surface area contributed by atoms with Gasteiger partial charge in [0.05, 0.1) is 6.10 Å². The van der Waals surface area contributed by atoms with Gasteiger partial charge in [0, 0.05) is 30.7 Å². The fourth-order valence-corrected chi connectivity index (χ4v) is 6.32. The number of hydrogen-bond acceptors (Lipinski definition) is 5. The highest BCUT2D eigenvalue weighted by molar-refractivity contribution is 9.10. The van der Waals surface area contributed by atoms with E-state index in [1.165, 1.54) is 14.0 Å². The quantitative estimate of drug-likeness (QED) is 0.483. The van der Waals surface area contributed by atoms with Gasteiger partial charge in [0.25, 0.3) is 0 Å². The predicted molar refractivity (Wildman–Crippen MR) is 91.9 cm³/mol. The number of rotatable bonds is 4. The fourth-order valence-electron chi connectivity index (χ4n) is 3.71. The lowest BCUT2D eigenvalue weighted by molar-refractivity contribution is -0.161. The van der Waals surface area contributed by atoms with Gasteiger partial charge >= 0.3 is 5.97 Å². The average molecular weight is 454 g/mol. The van der Waals surface area contributed by atoms with Crippen LogP contribution in [0.5, 0.6) is 0 Å². The minimum Gasteiger partial charge on any atom is -0.451 e. The van der Waals surface area contributed by atoms with Crippen LogP contribution < -0.4 is 0 Å². The molecule has 2 rings (SSSR count). The molecule has 0 aromatic carbocycles. The number of Topliss-reactive ketones (excluding diaryl/α,β-unsaturated/α-hetero) is 2. The molecule has 6 atom stereocenters. The zero-order chi connectivity index (χ0) is 17.6. The number of ketones is 2. The Morgan fingerprint density at radius 1 is 1.39 bits per heavy atom. The number of methoxy groups -OCH3 is 1. The Balaban J connectivity index is 2.49. The van der Waals surface area contributed by atoms with Crippen molar-refractivity contribution in [3.8, 4) is 0 Å². The first-order chi connectivity index (χ1) is 10.6. The molecular weight excluding hydrogens is 432 g/mol. The van der Waals surface area contributed by atoms with Crippen LogP contribution in [0.15, 0.2) is 0 Å². The summed E-state index contributed by atoms with van der Waals surface area (Å²) in [7, 11) is 1.53. The van der Waals surface area contributed by atoms with Gasteiger partial charge in [-0.3, -0.25) is 14.4 Å². The third-order valence-corrected chi connectivity index (χ3v) is 7.83. The number of hydrogen-bond donors (Lipinski definition) is 0. The van der Waals surface area contributed by atoms with E-state index in [-0.39, 0.29) is 34.7 Å². The van der Waals surface area contributed by atoms with E-state index in [1.807, 2.05) is 6.92 Å². The van der Waals surface area contributed by atoms with Gasteiger partial charge in [0.1, 0.15) is 10.1 Å². The fraction of sp³-hybridized carbons (Fsp3) is 0.812. The summed E-state index contributed by atoms with van der Waals surface area (Å²) in [6, 6.07) is 0. The van der Waals surface area contributed by atoms with Gasteiger partial charge in [-0.2, -0.15) is 0 Å². The predicted octanol–water partition coefficient (Wildman–Crippen LogP) is 2.81.